The third kappa shape index (κ3) is 3.41. The molecule has 118 valence electrons. The number of rotatable bonds is 4. The van der Waals surface area contributed by atoms with Gasteiger partial charge in [-0.15, -0.1) is 0 Å². The molecule has 1 heterocycles. The van der Waals surface area contributed by atoms with Crippen molar-refractivity contribution in [2.75, 3.05) is 13.1 Å². The number of hydrogen-bond acceptors (Lipinski definition) is 2. The molecule has 0 radical (unpaired) electrons. The SMILES string of the molecule is CC1CCCC(CC(=O)N2C[C@H](C(=O)O)[C@@H](C3CC3)C2)C1. The second kappa shape index (κ2) is 5.98. The summed E-state index contributed by atoms with van der Waals surface area (Å²) in [4.78, 5) is 25.8. The smallest absolute Gasteiger partial charge is 0.308 e. The van der Waals surface area contributed by atoms with Gasteiger partial charge in [-0.1, -0.05) is 19.8 Å². The highest BCUT2D eigenvalue weighted by molar-refractivity contribution is 5.79. The maximum Gasteiger partial charge on any atom is 0.308 e. The molecule has 0 aromatic heterocycles. The standard InChI is InChI=1S/C17H27NO3/c1-11-3-2-4-12(7-11)8-16(19)18-9-14(13-5-6-13)15(10-18)17(20)21/h11-15H,2-10H2,1H3,(H,20,21)/t11?,12?,14-,15+/m1/s1. The van der Waals surface area contributed by atoms with Crippen LogP contribution in [0.25, 0.3) is 0 Å². The summed E-state index contributed by atoms with van der Waals surface area (Å²) in [5.41, 5.74) is 0. The zero-order valence-corrected chi connectivity index (χ0v) is 13.0. The van der Waals surface area contributed by atoms with Gasteiger partial charge in [0.1, 0.15) is 0 Å². The molecule has 0 aromatic rings. The Morgan fingerprint density at radius 1 is 1.14 bits per heavy atom. The lowest BCUT2D eigenvalue weighted by Crippen LogP contribution is -2.32. The topological polar surface area (TPSA) is 57.6 Å². The van der Waals surface area contributed by atoms with Gasteiger partial charge in [-0.05, 0) is 49.4 Å². The molecule has 4 atom stereocenters. The fourth-order valence-electron chi connectivity index (χ4n) is 4.42. The van der Waals surface area contributed by atoms with Crippen molar-refractivity contribution in [2.24, 2.45) is 29.6 Å². The van der Waals surface area contributed by atoms with Gasteiger partial charge < -0.3 is 10.0 Å². The van der Waals surface area contributed by atoms with Crippen molar-refractivity contribution in [2.45, 2.75) is 51.9 Å². The average Bonchev–Trinajstić information content (AvgIpc) is 3.17. The monoisotopic (exact) mass is 293 g/mol. The van der Waals surface area contributed by atoms with Crippen molar-refractivity contribution in [3.8, 4) is 0 Å². The highest BCUT2D eigenvalue weighted by Gasteiger charge is 2.46. The Bertz CT molecular complexity index is 418. The first kappa shape index (κ1) is 14.9. The first-order valence-electron chi connectivity index (χ1n) is 8.55. The van der Waals surface area contributed by atoms with Crippen molar-refractivity contribution in [3.63, 3.8) is 0 Å². The fourth-order valence-corrected chi connectivity index (χ4v) is 4.42. The summed E-state index contributed by atoms with van der Waals surface area (Å²) in [7, 11) is 0. The molecule has 2 saturated carbocycles. The molecule has 1 saturated heterocycles. The van der Waals surface area contributed by atoms with E-state index in [-0.39, 0.29) is 17.7 Å². The Hall–Kier alpha value is -1.06. The van der Waals surface area contributed by atoms with Crippen molar-refractivity contribution >= 4 is 11.9 Å². The minimum absolute atomic E-state index is 0.198. The Morgan fingerprint density at radius 3 is 2.52 bits per heavy atom. The number of hydrogen-bond donors (Lipinski definition) is 1. The van der Waals surface area contributed by atoms with Crippen molar-refractivity contribution in [1.82, 2.24) is 4.90 Å². The van der Waals surface area contributed by atoms with E-state index in [1.165, 1.54) is 19.3 Å². The van der Waals surface area contributed by atoms with Crippen LogP contribution in [-0.2, 0) is 9.59 Å². The van der Waals surface area contributed by atoms with E-state index in [9.17, 15) is 14.7 Å². The van der Waals surface area contributed by atoms with Crippen molar-refractivity contribution < 1.29 is 14.7 Å². The third-order valence-corrected chi connectivity index (χ3v) is 5.77. The van der Waals surface area contributed by atoms with Crippen molar-refractivity contribution in [3.05, 3.63) is 0 Å². The molecule has 3 fully saturated rings. The van der Waals surface area contributed by atoms with Gasteiger partial charge >= 0.3 is 5.97 Å². The number of carboxylic acids is 1. The second-order valence-electron chi connectivity index (χ2n) is 7.59. The van der Waals surface area contributed by atoms with E-state index in [0.717, 1.165) is 25.2 Å². The van der Waals surface area contributed by atoms with Gasteiger partial charge in [0, 0.05) is 19.5 Å². The van der Waals surface area contributed by atoms with Crippen LogP contribution in [0.4, 0.5) is 0 Å². The lowest BCUT2D eigenvalue weighted by Gasteiger charge is -2.28. The van der Waals surface area contributed by atoms with Gasteiger partial charge in [-0.25, -0.2) is 0 Å². The van der Waals surface area contributed by atoms with E-state index in [1.54, 1.807) is 0 Å². The van der Waals surface area contributed by atoms with Gasteiger partial charge in [-0.3, -0.25) is 9.59 Å². The largest absolute Gasteiger partial charge is 0.481 e. The molecular weight excluding hydrogens is 266 g/mol. The van der Waals surface area contributed by atoms with Crippen LogP contribution >= 0.6 is 0 Å². The molecule has 4 heteroatoms. The summed E-state index contributed by atoms with van der Waals surface area (Å²) in [5.74, 6) is 1.17. The van der Waals surface area contributed by atoms with Gasteiger partial charge in [0.15, 0.2) is 0 Å². The predicted molar refractivity (Wildman–Crippen MR) is 79.7 cm³/mol. The number of carboxylic acid groups (broad SMARTS) is 1. The molecular formula is C17H27NO3. The molecule has 1 amide bonds. The maximum absolute atomic E-state index is 12.5. The highest BCUT2D eigenvalue weighted by Crippen LogP contribution is 2.44. The lowest BCUT2D eigenvalue weighted by atomic mass is 9.80. The van der Waals surface area contributed by atoms with Crippen LogP contribution in [0.3, 0.4) is 0 Å². The summed E-state index contributed by atoms with van der Waals surface area (Å²) >= 11 is 0. The van der Waals surface area contributed by atoms with E-state index in [1.807, 2.05) is 4.90 Å². The Kier molecular flexibility index (Phi) is 4.23. The molecule has 0 spiro atoms. The van der Waals surface area contributed by atoms with Gasteiger partial charge in [0.2, 0.25) is 5.91 Å². The average molecular weight is 293 g/mol. The minimum atomic E-state index is -0.714. The molecule has 0 aromatic carbocycles. The molecule has 21 heavy (non-hydrogen) atoms. The van der Waals surface area contributed by atoms with Crippen LogP contribution < -0.4 is 0 Å². The Balaban J connectivity index is 1.56. The summed E-state index contributed by atoms with van der Waals surface area (Å²) in [5, 5.41) is 9.38. The zero-order chi connectivity index (χ0) is 15.0. The number of aliphatic carboxylic acids is 1. The first-order valence-corrected chi connectivity index (χ1v) is 8.55. The fraction of sp³-hybridized carbons (Fsp3) is 0.882. The molecule has 1 aliphatic heterocycles. The van der Waals surface area contributed by atoms with E-state index < -0.39 is 5.97 Å². The van der Waals surface area contributed by atoms with Crippen LogP contribution in [0.1, 0.15) is 51.9 Å². The van der Waals surface area contributed by atoms with E-state index in [4.69, 9.17) is 0 Å². The number of carbonyl (C=O) groups is 2. The second-order valence-corrected chi connectivity index (χ2v) is 7.59. The summed E-state index contributed by atoms with van der Waals surface area (Å²) in [6, 6.07) is 0. The van der Waals surface area contributed by atoms with Gasteiger partial charge in [-0.2, -0.15) is 0 Å². The Morgan fingerprint density at radius 2 is 1.90 bits per heavy atom. The third-order valence-electron chi connectivity index (χ3n) is 5.77. The zero-order valence-electron chi connectivity index (χ0n) is 13.0. The number of amides is 1. The van der Waals surface area contributed by atoms with E-state index in [2.05, 4.69) is 6.92 Å². The summed E-state index contributed by atoms with van der Waals surface area (Å²) in [6.07, 6.45) is 7.79. The maximum atomic E-state index is 12.5. The minimum Gasteiger partial charge on any atom is -0.481 e. The number of nitrogens with zero attached hydrogens (tertiary/aromatic N) is 1. The number of carbonyl (C=O) groups excluding carboxylic acids is 1. The molecule has 3 rings (SSSR count). The first-order chi connectivity index (χ1) is 10.0. The van der Waals surface area contributed by atoms with E-state index in [0.29, 0.717) is 31.3 Å². The number of likely N-dealkylation sites (tertiary alicyclic amines) is 1. The van der Waals surface area contributed by atoms with Crippen LogP contribution in [0.5, 0.6) is 0 Å². The van der Waals surface area contributed by atoms with Gasteiger partial charge in [0.05, 0.1) is 5.92 Å². The molecule has 2 aliphatic carbocycles. The van der Waals surface area contributed by atoms with Crippen LogP contribution in [0.2, 0.25) is 0 Å². The summed E-state index contributed by atoms with van der Waals surface area (Å²) in [6.45, 7) is 3.40. The van der Waals surface area contributed by atoms with E-state index >= 15 is 0 Å². The van der Waals surface area contributed by atoms with Crippen molar-refractivity contribution in [1.29, 1.82) is 0 Å². The van der Waals surface area contributed by atoms with Crippen LogP contribution in [0, 0.1) is 29.6 Å². The van der Waals surface area contributed by atoms with Gasteiger partial charge in [0.25, 0.3) is 0 Å². The molecule has 1 N–H and O–H groups in total. The van der Waals surface area contributed by atoms with Crippen LogP contribution in [0.15, 0.2) is 0 Å². The lowest BCUT2D eigenvalue weighted by molar-refractivity contribution is -0.142. The van der Waals surface area contributed by atoms with Crippen LogP contribution in [-0.4, -0.2) is 35.0 Å². The quantitative estimate of drug-likeness (QED) is 0.867. The highest BCUT2D eigenvalue weighted by atomic mass is 16.4. The molecule has 4 nitrogen and oxygen atoms in total. The molecule has 2 unspecified atom stereocenters. The predicted octanol–water partition coefficient (Wildman–Crippen LogP) is 2.77. The summed E-state index contributed by atoms with van der Waals surface area (Å²) < 4.78 is 0. The molecule has 3 aliphatic rings. The normalized spacial score (nSPS) is 36.7. The Labute approximate surface area is 126 Å². The molecule has 0 bridgehead atoms.